The molecule has 0 aromatic heterocycles. The number of aliphatic hydroxyl groups excluding tert-OH is 1. The Balaban J connectivity index is 2.55. The van der Waals surface area contributed by atoms with Gasteiger partial charge in [-0.25, -0.2) is 4.79 Å². The third-order valence-electron chi connectivity index (χ3n) is 2.17. The molecule has 4 heteroatoms. The van der Waals surface area contributed by atoms with Crippen molar-refractivity contribution >= 4 is 5.97 Å². The smallest absolute Gasteiger partial charge is 0.337 e. The summed E-state index contributed by atoms with van der Waals surface area (Å²) in [4.78, 5) is 11.2. The van der Waals surface area contributed by atoms with Crippen molar-refractivity contribution in [3.8, 4) is 0 Å². The fraction of sp³-hybridized carbons (Fsp3) is 0.875. The van der Waals surface area contributed by atoms with E-state index in [1.54, 1.807) is 6.92 Å². The van der Waals surface area contributed by atoms with E-state index >= 15 is 0 Å². The standard InChI is InChI=1S/C8H14O4/c1-8(7(10)11-2)4-3-6(9)5-12-8/h6,9H,3-5H2,1-2H3. The second kappa shape index (κ2) is 3.41. The number of rotatable bonds is 1. The molecule has 2 unspecified atom stereocenters. The molecule has 0 spiro atoms. The Morgan fingerprint density at radius 3 is 2.83 bits per heavy atom. The number of carbonyl (C=O) groups is 1. The molecular formula is C8H14O4. The SMILES string of the molecule is COC(=O)C1(C)CCC(O)CO1. The van der Waals surface area contributed by atoms with Gasteiger partial charge in [0.1, 0.15) is 0 Å². The number of methoxy groups -OCH3 is 1. The van der Waals surface area contributed by atoms with Gasteiger partial charge in [0.25, 0.3) is 0 Å². The predicted molar refractivity (Wildman–Crippen MR) is 41.6 cm³/mol. The number of esters is 1. The number of hydrogen-bond acceptors (Lipinski definition) is 4. The molecule has 4 nitrogen and oxygen atoms in total. The lowest BCUT2D eigenvalue weighted by atomic mass is 9.95. The van der Waals surface area contributed by atoms with Crippen LogP contribution < -0.4 is 0 Å². The minimum atomic E-state index is -0.853. The summed E-state index contributed by atoms with van der Waals surface area (Å²) in [6, 6.07) is 0. The Morgan fingerprint density at radius 2 is 2.42 bits per heavy atom. The monoisotopic (exact) mass is 174 g/mol. The minimum Gasteiger partial charge on any atom is -0.467 e. The van der Waals surface area contributed by atoms with Crippen LogP contribution in [0, 0.1) is 0 Å². The van der Waals surface area contributed by atoms with Gasteiger partial charge in [-0.15, -0.1) is 0 Å². The average molecular weight is 174 g/mol. The third-order valence-corrected chi connectivity index (χ3v) is 2.17. The highest BCUT2D eigenvalue weighted by Crippen LogP contribution is 2.25. The topological polar surface area (TPSA) is 55.8 Å². The van der Waals surface area contributed by atoms with Gasteiger partial charge in [0.15, 0.2) is 5.60 Å². The molecular weight excluding hydrogens is 160 g/mol. The van der Waals surface area contributed by atoms with Crippen LogP contribution >= 0.6 is 0 Å². The molecule has 1 fully saturated rings. The second-order valence-corrected chi connectivity index (χ2v) is 3.23. The second-order valence-electron chi connectivity index (χ2n) is 3.23. The molecule has 0 amide bonds. The van der Waals surface area contributed by atoms with E-state index in [2.05, 4.69) is 4.74 Å². The van der Waals surface area contributed by atoms with Crippen molar-refractivity contribution in [1.29, 1.82) is 0 Å². The summed E-state index contributed by atoms with van der Waals surface area (Å²) in [6.07, 6.45) is 0.662. The third kappa shape index (κ3) is 1.76. The zero-order valence-corrected chi connectivity index (χ0v) is 7.37. The Morgan fingerprint density at radius 1 is 1.75 bits per heavy atom. The normalized spacial score (nSPS) is 36.1. The maximum atomic E-state index is 11.2. The zero-order valence-electron chi connectivity index (χ0n) is 7.37. The molecule has 0 aromatic rings. The predicted octanol–water partition coefficient (Wildman–Crippen LogP) is 0.0894. The van der Waals surface area contributed by atoms with Gasteiger partial charge in [0, 0.05) is 0 Å². The first-order valence-electron chi connectivity index (χ1n) is 3.99. The van der Waals surface area contributed by atoms with Crippen molar-refractivity contribution in [2.45, 2.75) is 31.5 Å². The summed E-state index contributed by atoms with van der Waals surface area (Å²) in [5.74, 6) is -0.366. The van der Waals surface area contributed by atoms with E-state index in [4.69, 9.17) is 9.84 Å². The lowest BCUT2D eigenvalue weighted by molar-refractivity contribution is -0.180. The lowest BCUT2D eigenvalue weighted by Crippen LogP contribution is -2.45. The van der Waals surface area contributed by atoms with Crippen LogP contribution in [-0.4, -0.2) is 36.5 Å². The summed E-state index contributed by atoms with van der Waals surface area (Å²) >= 11 is 0. The molecule has 0 aromatic carbocycles. The highest BCUT2D eigenvalue weighted by atomic mass is 16.6. The molecule has 1 saturated heterocycles. The molecule has 0 saturated carbocycles. The molecule has 0 bridgehead atoms. The quantitative estimate of drug-likeness (QED) is 0.572. The molecule has 1 aliphatic heterocycles. The van der Waals surface area contributed by atoms with Gasteiger partial charge >= 0.3 is 5.97 Å². The van der Waals surface area contributed by atoms with Crippen LogP contribution in [0.1, 0.15) is 19.8 Å². The van der Waals surface area contributed by atoms with Crippen LogP contribution in [-0.2, 0) is 14.3 Å². The molecule has 1 heterocycles. The van der Waals surface area contributed by atoms with Crippen molar-refractivity contribution in [2.75, 3.05) is 13.7 Å². The van der Waals surface area contributed by atoms with Crippen LogP contribution in [0.4, 0.5) is 0 Å². The van der Waals surface area contributed by atoms with E-state index in [-0.39, 0.29) is 12.6 Å². The molecule has 12 heavy (non-hydrogen) atoms. The average Bonchev–Trinajstić information content (AvgIpc) is 2.09. The number of hydrogen-bond donors (Lipinski definition) is 1. The van der Waals surface area contributed by atoms with Crippen molar-refractivity contribution in [2.24, 2.45) is 0 Å². The van der Waals surface area contributed by atoms with Gasteiger partial charge in [-0.2, -0.15) is 0 Å². The van der Waals surface area contributed by atoms with E-state index in [9.17, 15) is 4.79 Å². The number of ether oxygens (including phenoxy) is 2. The first kappa shape index (κ1) is 9.48. The first-order chi connectivity index (χ1) is 5.58. The van der Waals surface area contributed by atoms with E-state index in [1.807, 2.05) is 0 Å². The van der Waals surface area contributed by atoms with Crippen LogP contribution in [0.3, 0.4) is 0 Å². The summed E-state index contributed by atoms with van der Waals surface area (Å²) in [7, 11) is 1.34. The summed E-state index contributed by atoms with van der Waals surface area (Å²) < 4.78 is 9.79. The van der Waals surface area contributed by atoms with Gasteiger partial charge < -0.3 is 14.6 Å². The van der Waals surface area contributed by atoms with E-state index in [0.29, 0.717) is 12.8 Å². The first-order valence-corrected chi connectivity index (χ1v) is 3.99. The van der Waals surface area contributed by atoms with Crippen molar-refractivity contribution in [3.05, 3.63) is 0 Å². The maximum absolute atomic E-state index is 11.2. The van der Waals surface area contributed by atoms with Gasteiger partial charge in [0.2, 0.25) is 0 Å². The summed E-state index contributed by atoms with van der Waals surface area (Å²) in [5, 5.41) is 9.12. The van der Waals surface area contributed by atoms with E-state index in [0.717, 1.165) is 0 Å². The van der Waals surface area contributed by atoms with Crippen molar-refractivity contribution in [3.63, 3.8) is 0 Å². The Bertz CT molecular complexity index is 170. The summed E-state index contributed by atoms with van der Waals surface area (Å²) in [6.45, 7) is 1.90. The van der Waals surface area contributed by atoms with Crippen LogP contribution in [0.2, 0.25) is 0 Å². The van der Waals surface area contributed by atoms with Gasteiger partial charge in [-0.05, 0) is 19.8 Å². The van der Waals surface area contributed by atoms with Crippen LogP contribution in [0.15, 0.2) is 0 Å². The summed E-state index contributed by atoms with van der Waals surface area (Å²) in [5.41, 5.74) is -0.853. The molecule has 1 rings (SSSR count). The van der Waals surface area contributed by atoms with Crippen molar-refractivity contribution in [1.82, 2.24) is 0 Å². The van der Waals surface area contributed by atoms with Crippen molar-refractivity contribution < 1.29 is 19.4 Å². The number of aliphatic hydroxyl groups is 1. The Labute approximate surface area is 71.5 Å². The molecule has 0 radical (unpaired) electrons. The molecule has 1 N–H and O–H groups in total. The zero-order chi connectivity index (χ0) is 9.19. The Kier molecular flexibility index (Phi) is 2.69. The lowest BCUT2D eigenvalue weighted by Gasteiger charge is -2.33. The van der Waals surface area contributed by atoms with E-state index < -0.39 is 11.7 Å². The molecule has 0 aliphatic carbocycles. The van der Waals surface area contributed by atoms with E-state index in [1.165, 1.54) is 7.11 Å². The molecule has 70 valence electrons. The minimum absolute atomic E-state index is 0.214. The van der Waals surface area contributed by atoms with Crippen LogP contribution in [0.5, 0.6) is 0 Å². The fourth-order valence-electron chi connectivity index (χ4n) is 1.25. The number of carbonyl (C=O) groups excluding carboxylic acids is 1. The highest BCUT2D eigenvalue weighted by Gasteiger charge is 2.39. The maximum Gasteiger partial charge on any atom is 0.337 e. The van der Waals surface area contributed by atoms with Gasteiger partial charge in [-0.1, -0.05) is 0 Å². The highest BCUT2D eigenvalue weighted by molar-refractivity contribution is 5.79. The van der Waals surface area contributed by atoms with Gasteiger partial charge in [0.05, 0.1) is 19.8 Å². The molecule has 2 atom stereocenters. The largest absolute Gasteiger partial charge is 0.467 e. The van der Waals surface area contributed by atoms with Crippen LogP contribution in [0.25, 0.3) is 0 Å². The van der Waals surface area contributed by atoms with Gasteiger partial charge in [-0.3, -0.25) is 0 Å². The fourth-order valence-corrected chi connectivity index (χ4v) is 1.25. The molecule has 1 aliphatic rings. The Hall–Kier alpha value is -0.610.